The second kappa shape index (κ2) is 9.52. The van der Waals surface area contributed by atoms with Crippen LogP contribution in [0.5, 0.6) is 0 Å². The third kappa shape index (κ3) is 5.71. The van der Waals surface area contributed by atoms with Crippen molar-refractivity contribution in [1.82, 2.24) is 5.06 Å². The quantitative estimate of drug-likeness (QED) is 0.406. The first-order valence-electron chi connectivity index (χ1n) is 13.9. The van der Waals surface area contributed by atoms with Gasteiger partial charge in [-0.3, -0.25) is 0 Å². The van der Waals surface area contributed by atoms with Gasteiger partial charge in [-0.15, -0.1) is 10.3 Å². The summed E-state index contributed by atoms with van der Waals surface area (Å²) in [4.78, 5) is 0. The van der Waals surface area contributed by atoms with Crippen molar-refractivity contribution in [2.75, 3.05) is 0 Å². The van der Waals surface area contributed by atoms with Crippen molar-refractivity contribution in [2.45, 2.75) is 171 Å². The minimum absolute atomic E-state index is 0.126. The van der Waals surface area contributed by atoms with Gasteiger partial charge in [-0.2, -0.15) is 0 Å². The maximum atomic E-state index is 14.1. The fourth-order valence-corrected chi connectivity index (χ4v) is 9.06. The van der Waals surface area contributed by atoms with Gasteiger partial charge < -0.3 is 14.6 Å². The molecule has 2 saturated carbocycles. The van der Waals surface area contributed by atoms with E-state index in [4.69, 9.17) is 14.6 Å². The smallest absolute Gasteiger partial charge is 0.192 e. The molecule has 0 atom stereocenters. The molecule has 7 heteroatoms. The molecular weight excluding hydrogens is 456 g/mol. The van der Waals surface area contributed by atoms with Crippen LogP contribution in [0.25, 0.3) is 0 Å². The lowest BCUT2D eigenvalue weighted by Crippen LogP contribution is -2.68. The molecule has 3 aliphatic rings. The molecule has 2 spiro atoms. The van der Waals surface area contributed by atoms with Crippen LogP contribution in [0.15, 0.2) is 0 Å². The highest BCUT2D eigenvalue weighted by Gasteiger charge is 2.57. The first-order valence-corrected chi connectivity index (χ1v) is 19.7. The third-order valence-electron chi connectivity index (χ3n) is 10.4. The van der Waals surface area contributed by atoms with Crippen molar-refractivity contribution in [1.29, 1.82) is 0 Å². The van der Waals surface area contributed by atoms with Crippen LogP contribution in [0.1, 0.15) is 106 Å². The van der Waals surface area contributed by atoms with Crippen molar-refractivity contribution in [3.63, 3.8) is 0 Å². The molecule has 1 saturated heterocycles. The average Bonchev–Trinajstić information content (AvgIpc) is 2.68. The van der Waals surface area contributed by atoms with E-state index >= 15 is 0 Å². The fraction of sp³-hybridized carbons (Fsp3) is 1.00. The standard InChI is InChI=1S/C27H55N2O3Si2/c1-24(2,3)33(7,8)31-22-11-15-26(16-12-22)19-21(28)20-27(29(26)30)17-13-23(14-18-27)32-34(9,10)25(4,5)6/h21-23H,11-20,28H2,1-10H3. The van der Waals surface area contributed by atoms with Gasteiger partial charge in [0.2, 0.25) is 0 Å². The Kier molecular flexibility index (Phi) is 8.06. The molecule has 2 aliphatic carbocycles. The highest BCUT2D eigenvalue weighted by molar-refractivity contribution is 6.74. The van der Waals surface area contributed by atoms with Crippen molar-refractivity contribution < 1.29 is 14.1 Å². The predicted molar refractivity (Wildman–Crippen MR) is 146 cm³/mol. The van der Waals surface area contributed by atoms with Gasteiger partial charge in [-0.25, -0.2) is 0 Å². The molecule has 34 heavy (non-hydrogen) atoms. The summed E-state index contributed by atoms with van der Waals surface area (Å²) in [7, 11) is -3.58. The normalized spacial score (nSPS) is 36.9. The molecule has 1 heterocycles. The van der Waals surface area contributed by atoms with Crippen LogP contribution >= 0.6 is 0 Å². The summed E-state index contributed by atoms with van der Waals surface area (Å²) in [6.07, 6.45) is 9.94. The molecule has 0 aromatic heterocycles. The van der Waals surface area contributed by atoms with Crippen molar-refractivity contribution in [3.05, 3.63) is 0 Å². The number of rotatable bonds is 4. The van der Waals surface area contributed by atoms with Crippen LogP contribution in [0.4, 0.5) is 0 Å². The summed E-state index contributed by atoms with van der Waals surface area (Å²) in [6, 6.07) is 0.126. The van der Waals surface area contributed by atoms with Crippen LogP contribution < -0.4 is 5.73 Å². The SMILES string of the molecule is CC(C)(C)[Si](C)(C)OC1CCC2(CC1)CC(N)CC1(CCC(O[Si](C)(C)C(C)(C)C)CC1)N2[O]. The van der Waals surface area contributed by atoms with Gasteiger partial charge in [0, 0.05) is 18.2 Å². The molecule has 199 valence electrons. The summed E-state index contributed by atoms with van der Waals surface area (Å²) in [5.74, 6) is 0. The third-order valence-corrected chi connectivity index (χ3v) is 19.5. The van der Waals surface area contributed by atoms with Crippen LogP contribution in [0.3, 0.4) is 0 Å². The Balaban J connectivity index is 1.65. The maximum absolute atomic E-state index is 14.1. The molecule has 0 aromatic rings. The zero-order valence-corrected chi connectivity index (χ0v) is 26.1. The predicted octanol–water partition coefficient (Wildman–Crippen LogP) is 7.16. The molecule has 0 unspecified atom stereocenters. The maximum Gasteiger partial charge on any atom is 0.192 e. The fourth-order valence-electron chi connectivity index (χ4n) is 6.21. The Labute approximate surface area is 212 Å². The largest absolute Gasteiger partial charge is 0.414 e. The van der Waals surface area contributed by atoms with Crippen molar-refractivity contribution in [2.24, 2.45) is 5.73 Å². The van der Waals surface area contributed by atoms with Crippen LogP contribution in [0.2, 0.25) is 36.3 Å². The number of piperidine rings is 1. The lowest BCUT2D eigenvalue weighted by molar-refractivity contribution is -0.322. The summed E-state index contributed by atoms with van der Waals surface area (Å²) >= 11 is 0. The van der Waals surface area contributed by atoms with Crippen molar-refractivity contribution >= 4 is 16.6 Å². The molecule has 1 aliphatic heterocycles. The van der Waals surface area contributed by atoms with Gasteiger partial charge in [-0.05, 0) is 100 Å². The number of hydroxylamine groups is 2. The highest BCUT2D eigenvalue weighted by Crippen LogP contribution is 2.52. The van der Waals surface area contributed by atoms with Gasteiger partial charge in [0.15, 0.2) is 16.6 Å². The van der Waals surface area contributed by atoms with E-state index in [1.165, 1.54) is 0 Å². The van der Waals surface area contributed by atoms with Crippen LogP contribution in [-0.4, -0.2) is 51.0 Å². The van der Waals surface area contributed by atoms with E-state index < -0.39 is 16.6 Å². The molecule has 0 amide bonds. The molecule has 3 rings (SSSR count). The van der Waals surface area contributed by atoms with E-state index in [9.17, 15) is 5.21 Å². The van der Waals surface area contributed by atoms with E-state index in [1.54, 1.807) is 5.06 Å². The second-order valence-electron chi connectivity index (χ2n) is 15.1. The lowest BCUT2D eigenvalue weighted by atomic mass is 9.65. The topological polar surface area (TPSA) is 67.6 Å². The summed E-state index contributed by atoms with van der Waals surface area (Å²) in [5, 5.41) is 16.2. The molecule has 1 radical (unpaired) electrons. The Bertz CT molecular complexity index is 640. The summed E-state index contributed by atoms with van der Waals surface area (Å²) in [6.45, 7) is 23.2. The van der Waals surface area contributed by atoms with E-state index in [-0.39, 0.29) is 27.2 Å². The first-order chi connectivity index (χ1) is 15.3. The lowest BCUT2D eigenvalue weighted by Gasteiger charge is -2.59. The summed E-state index contributed by atoms with van der Waals surface area (Å²) in [5.41, 5.74) is 6.09. The van der Waals surface area contributed by atoms with Gasteiger partial charge in [0.1, 0.15) is 0 Å². The number of hydrogen-bond acceptors (Lipinski definition) is 4. The van der Waals surface area contributed by atoms with E-state index in [0.29, 0.717) is 12.2 Å². The van der Waals surface area contributed by atoms with E-state index in [1.807, 2.05) is 0 Å². The van der Waals surface area contributed by atoms with Gasteiger partial charge in [0.05, 0.1) is 11.1 Å². The molecule has 2 N–H and O–H groups in total. The highest BCUT2D eigenvalue weighted by atomic mass is 28.4. The van der Waals surface area contributed by atoms with Gasteiger partial charge in [0.25, 0.3) is 0 Å². The Morgan fingerprint density at radius 2 is 1.00 bits per heavy atom. The zero-order chi connectivity index (χ0) is 25.8. The minimum atomic E-state index is -1.79. The molecule has 0 bridgehead atoms. The molecule has 3 fully saturated rings. The summed E-state index contributed by atoms with van der Waals surface area (Å²) < 4.78 is 13.5. The van der Waals surface area contributed by atoms with E-state index in [2.05, 4.69) is 67.7 Å². The van der Waals surface area contributed by atoms with E-state index in [0.717, 1.165) is 64.2 Å². The Morgan fingerprint density at radius 1 is 0.706 bits per heavy atom. The molecular formula is C27H55N2O3Si2. The Morgan fingerprint density at radius 3 is 1.26 bits per heavy atom. The molecule has 5 nitrogen and oxygen atoms in total. The minimum Gasteiger partial charge on any atom is -0.414 e. The van der Waals surface area contributed by atoms with Crippen LogP contribution in [-0.2, 0) is 14.1 Å². The van der Waals surface area contributed by atoms with Gasteiger partial charge in [-0.1, -0.05) is 41.5 Å². The zero-order valence-electron chi connectivity index (χ0n) is 24.1. The average molecular weight is 512 g/mol. The first kappa shape index (κ1) is 28.8. The monoisotopic (exact) mass is 511 g/mol. The number of nitrogens with zero attached hydrogens (tertiary/aromatic N) is 1. The number of nitrogens with two attached hydrogens (primary N) is 1. The Hall–Kier alpha value is 0.234. The molecule has 0 aromatic carbocycles. The second-order valence-corrected chi connectivity index (χ2v) is 24.6. The van der Waals surface area contributed by atoms with Crippen LogP contribution in [0, 0.1) is 0 Å². The number of hydrogen-bond donors (Lipinski definition) is 1. The van der Waals surface area contributed by atoms with Crippen molar-refractivity contribution in [3.8, 4) is 0 Å². The van der Waals surface area contributed by atoms with Gasteiger partial charge >= 0.3 is 0 Å².